The number of benzene rings is 1. The number of fused-ring (bicyclic) bond motifs is 1. The number of amides is 1. The zero-order valence-electron chi connectivity index (χ0n) is 13.8. The summed E-state index contributed by atoms with van der Waals surface area (Å²) < 4.78 is 5.33. The van der Waals surface area contributed by atoms with Crippen LogP contribution in [0.15, 0.2) is 24.3 Å². The number of nitrogens with one attached hydrogen (secondary N) is 1. The molecule has 1 saturated heterocycles. The van der Waals surface area contributed by atoms with Crippen molar-refractivity contribution in [1.29, 1.82) is 0 Å². The molecule has 2 aliphatic rings. The Morgan fingerprint density at radius 1 is 1.13 bits per heavy atom. The summed E-state index contributed by atoms with van der Waals surface area (Å²) in [6.07, 6.45) is 2.89. The van der Waals surface area contributed by atoms with Crippen molar-refractivity contribution in [1.82, 2.24) is 10.2 Å². The van der Waals surface area contributed by atoms with E-state index < -0.39 is 0 Å². The van der Waals surface area contributed by atoms with Crippen molar-refractivity contribution in [3.05, 3.63) is 29.8 Å². The lowest BCUT2D eigenvalue weighted by Gasteiger charge is -2.31. The van der Waals surface area contributed by atoms with E-state index in [1.165, 1.54) is 17.7 Å². The summed E-state index contributed by atoms with van der Waals surface area (Å²) in [5.41, 5.74) is 2.71. The number of ether oxygens (including phenoxy) is 1. The first-order valence-electron chi connectivity index (χ1n) is 8.72. The highest BCUT2D eigenvalue weighted by molar-refractivity contribution is 5.76. The molecule has 1 aromatic carbocycles. The molecule has 2 heterocycles. The summed E-state index contributed by atoms with van der Waals surface area (Å²) in [6, 6.07) is 8.55. The quantitative estimate of drug-likeness (QED) is 0.858. The van der Waals surface area contributed by atoms with Crippen LogP contribution in [-0.2, 0) is 16.0 Å². The van der Waals surface area contributed by atoms with Crippen molar-refractivity contribution in [3.8, 4) is 0 Å². The molecule has 0 bridgehead atoms. The lowest BCUT2D eigenvalue weighted by atomic mass is 10.0. The Morgan fingerprint density at radius 2 is 1.96 bits per heavy atom. The Bertz CT molecular complexity index is 515. The van der Waals surface area contributed by atoms with Gasteiger partial charge in [0.25, 0.3) is 0 Å². The zero-order valence-corrected chi connectivity index (χ0v) is 13.8. The van der Waals surface area contributed by atoms with Gasteiger partial charge in [0.2, 0.25) is 5.91 Å². The third-order valence-electron chi connectivity index (χ3n) is 4.67. The average Bonchev–Trinajstić information content (AvgIpc) is 2.61. The van der Waals surface area contributed by atoms with E-state index in [0.29, 0.717) is 6.42 Å². The standard InChI is InChI=1S/C18H27N3O2/c22-18(19-8-11-20-12-14-23-15-13-20)7-10-21-9-3-5-16-4-1-2-6-17(16)21/h1-2,4,6H,3,5,7-15H2,(H,19,22). The monoisotopic (exact) mass is 317 g/mol. The van der Waals surface area contributed by atoms with Crippen LogP contribution in [0.5, 0.6) is 0 Å². The van der Waals surface area contributed by atoms with Crippen LogP contribution in [0.3, 0.4) is 0 Å². The van der Waals surface area contributed by atoms with Crippen molar-refractivity contribution in [2.24, 2.45) is 0 Å². The summed E-state index contributed by atoms with van der Waals surface area (Å²) in [5.74, 6) is 0.154. The number of morpholine rings is 1. The number of rotatable bonds is 6. The minimum absolute atomic E-state index is 0.154. The van der Waals surface area contributed by atoms with Crippen molar-refractivity contribution < 1.29 is 9.53 Å². The van der Waals surface area contributed by atoms with Gasteiger partial charge in [0.05, 0.1) is 13.2 Å². The SMILES string of the molecule is O=C(CCN1CCCc2ccccc21)NCCN1CCOCC1. The summed E-state index contributed by atoms with van der Waals surface area (Å²) in [5, 5.41) is 3.05. The second-order valence-electron chi connectivity index (χ2n) is 6.27. The summed E-state index contributed by atoms with van der Waals surface area (Å²) in [7, 11) is 0. The van der Waals surface area contributed by atoms with Gasteiger partial charge in [-0.2, -0.15) is 0 Å². The van der Waals surface area contributed by atoms with Crippen LogP contribution in [0.2, 0.25) is 0 Å². The minimum atomic E-state index is 0.154. The van der Waals surface area contributed by atoms with Gasteiger partial charge in [0, 0.05) is 51.4 Å². The number of carbonyl (C=O) groups excluding carboxylic acids is 1. The summed E-state index contributed by atoms with van der Waals surface area (Å²) >= 11 is 0. The maximum absolute atomic E-state index is 12.1. The minimum Gasteiger partial charge on any atom is -0.379 e. The smallest absolute Gasteiger partial charge is 0.221 e. The molecule has 126 valence electrons. The number of carbonyl (C=O) groups is 1. The predicted molar refractivity (Wildman–Crippen MR) is 91.9 cm³/mol. The van der Waals surface area contributed by atoms with E-state index in [0.717, 1.165) is 58.9 Å². The van der Waals surface area contributed by atoms with E-state index in [2.05, 4.69) is 39.4 Å². The molecule has 1 amide bonds. The van der Waals surface area contributed by atoms with Gasteiger partial charge in [-0.3, -0.25) is 9.69 Å². The largest absolute Gasteiger partial charge is 0.379 e. The lowest BCUT2D eigenvalue weighted by Crippen LogP contribution is -2.42. The Morgan fingerprint density at radius 3 is 2.83 bits per heavy atom. The van der Waals surface area contributed by atoms with Crippen LogP contribution in [0.25, 0.3) is 0 Å². The van der Waals surface area contributed by atoms with E-state index in [1.807, 2.05) is 0 Å². The van der Waals surface area contributed by atoms with E-state index >= 15 is 0 Å². The molecular weight excluding hydrogens is 290 g/mol. The lowest BCUT2D eigenvalue weighted by molar-refractivity contribution is -0.121. The van der Waals surface area contributed by atoms with E-state index in [9.17, 15) is 4.79 Å². The predicted octanol–water partition coefficient (Wildman–Crippen LogP) is 1.28. The number of aryl methyl sites for hydroxylation is 1. The average molecular weight is 317 g/mol. The number of para-hydroxylation sites is 1. The molecule has 0 spiro atoms. The van der Waals surface area contributed by atoms with E-state index in [1.54, 1.807) is 0 Å². The third kappa shape index (κ3) is 4.69. The fourth-order valence-corrected chi connectivity index (χ4v) is 3.35. The first kappa shape index (κ1) is 16.3. The molecule has 1 N–H and O–H groups in total. The highest BCUT2D eigenvalue weighted by atomic mass is 16.5. The van der Waals surface area contributed by atoms with Crippen molar-refractivity contribution in [2.75, 3.05) is 57.4 Å². The molecule has 0 aliphatic carbocycles. The molecule has 1 fully saturated rings. The molecule has 0 atom stereocenters. The molecule has 5 heteroatoms. The van der Waals surface area contributed by atoms with Crippen LogP contribution in [0.4, 0.5) is 5.69 Å². The molecule has 0 unspecified atom stereocenters. The van der Waals surface area contributed by atoms with Gasteiger partial charge in [0.15, 0.2) is 0 Å². The molecular formula is C18H27N3O2. The number of hydrogen-bond acceptors (Lipinski definition) is 4. The first-order valence-corrected chi connectivity index (χ1v) is 8.72. The fourth-order valence-electron chi connectivity index (χ4n) is 3.35. The molecule has 0 aromatic heterocycles. The second-order valence-corrected chi connectivity index (χ2v) is 6.27. The zero-order chi connectivity index (χ0) is 15.9. The molecule has 23 heavy (non-hydrogen) atoms. The van der Waals surface area contributed by atoms with Gasteiger partial charge in [-0.15, -0.1) is 0 Å². The van der Waals surface area contributed by atoms with Gasteiger partial charge in [-0.1, -0.05) is 18.2 Å². The molecule has 5 nitrogen and oxygen atoms in total. The Labute approximate surface area is 138 Å². The highest BCUT2D eigenvalue weighted by Gasteiger charge is 2.17. The van der Waals surface area contributed by atoms with Crippen LogP contribution in [0, 0.1) is 0 Å². The van der Waals surface area contributed by atoms with E-state index in [4.69, 9.17) is 4.74 Å². The second kappa shape index (κ2) is 8.31. The normalized spacial score (nSPS) is 18.5. The van der Waals surface area contributed by atoms with Crippen LogP contribution < -0.4 is 10.2 Å². The van der Waals surface area contributed by atoms with Gasteiger partial charge in [0.1, 0.15) is 0 Å². The van der Waals surface area contributed by atoms with Crippen molar-refractivity contribution in [2.45, 2.75) is 19.3 Å². The highest BCUT2D eigenvalue weighted by Crippen LogP contribution is 2.26. The molecule has 0 radical (unpaired) electrons. The van der Waals surface area contributed by atoms with Gasteiger partial charge >= 0.3 is 0 Å². The summed E-state index contributed by atoms with van der Waals surface area (Å²) in [6.45, 7) is 7.07. The maximum Gasteiger partial charge on any atom is 0.221 e. The number of anilines is 1. The van der Waals surface area contributed by atoms with E-state index in [-0.39, 0.29) is 5.91 Å². The van der Waals surface area contributed by atoms with Gasteiger partial charge < -0.3 is 15.0 Å². The van der Waals surface area contributed by atoms with Gasteiger partial charge in [-0.25, -0.2) is 0 Å². The van der Waals surface area contributed by atoms with Crippen LogP contribution in [-0.4, -0.2) is 63.3 Å². The Kier molecular flexibility index (Phi) is 5.88. The summed E-state index contributed by atoms with van der Waals surface area (Å²) in [4.78, 5) is 16.7. The van der Waals surface area contributed by atoms with Crippen LogP contribution in [0.1, 0.15) is 18.4 Å². The van der Waals surface area contributed by atoms with Crippen LogP contribution >= 0.6 is 0 Å². The molecule has 0 saturated carbocycles. The Hall–Kier alpha value is -1.59. The van der Waals surface area contributed by atoms with Crippen molar-refractivity contribution >= 4 is 11.6 Å². The first-order chi connectivity index (χ1) is 11.3. The number of nitrogens with zero attached hydrogens (tertiary/aromatic N) is 2. The number of hydrogen-bond donors (Lipinski definition) is 1. The molecule has 3 rings (SSSR count). The topological polar surface area (TPSA) is 44.8 Å². The fraction of sp³-hybridized carbons (Fsp3) is 0.611. The third-order valence-corrected chi connectivity index (χ3v) is 4.67. The van der Waals surface area contributed by atoms with Crippen molar-refractivity contribution in [3.63, 3.8) is 0 Å². The van der Waals surface area contributed by atoms with Gasteiger partial charge in [-0.05, 0) is 24.5 Å². The Balaban J connectivity index is 1.38. The maximum atomic E-state index is 12.1. The molecule has 1 aromatic rings. The molecule has 2 aliphatic heterocycles.